The number of nitrogens with two attached hydrogens (primary N) is 1. The van der Waals surface area contributed by atoms with E-state index in [0.717, 1.165) is 5.57 Å². The molecule has 8 nitrogen and oxygen atoms in total. The van der Waals surface area contributed by atoms with Gasteiger partial charge < -0.3 is 30.0 Å². The number of methoxy groups -OCH3 is 2. The van der Waals surface area contributed by atoms with E-state index in [-0.39, 0.29) is 18.2 Å². The second-order valence-electron chi connectivity index (χ2n) is 5.96. The van der Waals surface area contributed by atoms with Crippen molar-refractivity contribution in [3.63, 3.8) is 0 Å². The maximum Gasteiger partial charge on any atom is 0.325 e. The molecule has 0 spiro atoms. The molecule has 0 aromatic carbocycles. The summed E-state index contributed by atoms with van der Waals surface area (Å²) in [6.45, 7) is 2.79. The summed E-state index contributed by atoms with van der Waals surface area (Å²) in [4.78, 5) is 13.8. The average molecular weight is 313 g/mol. The molecule has 2 fully saturated rings. The van der Waals surface area contributed by atoms with Crippen molar-refractivity contribution in [1.29, 1.82) is 0 Å². The summed E-state index contributed by atoms with van der Waals surface area (Å²) in [5, 5.41) is 2.70. The number of carbonyl (C=O) groups excluding carboxylic acids is 1. The number of hydrogen-bond acceptors (Lipinski definition) is 6. The van der Waals surface area contributed by atoms with E-state index in [1.165, 1.54) is 4.90 Å². The molecule has 0 aliphatic carbocycles. The Balaban J connectivity index is 1.90. The lowest BCUT2D eigenvalue weighted by Gasteiger charge is -2.37. The molecule has 3 aliphatic heterocycles. The fourth-order valence-electron chi connectivity index (χ4n) is 3.43. The molecule has 2 unspecified atom stereocenters. The van der Waals surface area contributed by atoms with Gasteiger partial charge >= 0.3 is 6.03 Å². The maximum absolute atomic E-state index is 12.3. The first-order chi connectivity index (χ1) is 10.5. The number of fused-ring (bicyclic) bond motifs is 2. The molecule has 5 atom stereocenters. The molecule has 3 aliphatic rings. The molecule has 3 N–H and O–H groups in total. The number of ether oxygens (including phenoxy) is 4. The number of nitrogens with one attached hydrogen (secondary N) is 1. The van der Waals surface area contributed by atoms with E-state index in [1.54, 1.807) is 20.4 Å². The Morgan fingerprint density at radius 3 is 3.00 bits per heavy atom. The Hall–Kier alpha value is -1.19. The van der Waals surface area contributed by atoms with Crippen LogP contribution in [-0.4, -0.2) is 68.6 Å². The molecule has 2 saturated heterocycles. The first-order valence-corrected chi connectivity index (χ1v) is 7.36. The lowest BCUT2D eigenvalue weighted by Crippen LogP contribution is -2.57. The number of rotatable bonds is 4. The van der Waals surface area contributed by atoms with Gasteiger partial charge in [-0.05, 0) is 12.5 Å². The van der Waals surface area contributed by atoms with E-state index in [0.29, 0.717) is 19.6 Å². The minimum Gasteiger partial charge on any atom is -0.382 e. The lowest BCUT2D eigenvalue weighted by molar-refractivity contribution is -0.160. The van der Waals surface area contributed by atoms with E-state index in [2.05, 4.69) is 5.32 Å². The molecule has 2 amide bonds. The van der Waals surface area contributed by atoms with Gasteiger partial charge in [0.05, 0.1) is 13.2 Å². The second-order valence-corrected chi connectivity index (χ2v) is 5.96. The summed E-state index contributed by atoms with van der Waals surface area (Å²) < 4.78 is 23.0. The van der Waals surface area contributed by atoms with E-state index >= 15 is 0 Å². The monoisotopic (exact) mass is 313 g/mol. The van der Waals surface area contributed by atoms with Crippen LogP contribution in [-0.2, 0) is 18.9 Å². The van der Waals surface area contributed by atoms with Gasteiger partial charge in [-0.3, -0.25) is 4.90 Å². The highest BCUT2D eigenvalue weighted by Crippen LogP contribution is 2.43. The van der Waals surface area contributed by atoms with Crippen LogP contribution in [0.15, 0.2) is 11.8 Å². The molecular weight excluding hydrogens is 290 g/mol. The molecule has 0 aromatic heterocycles. The average Bonchev–Trinajstić information content (AvgIpc) is 2.65. The summed E-state index contributed by atoms with van der Waals surface area (Å²) in [6, 6.07) is -0.304. The Labute approximate surface area is 129 Å². The standard InChI is InChI=1S/C14H23N3O5/c1-8-6-17(13(18)16-11(8)15)12-9-10(20-3)14(22-12,7-19-2)4-5-21-9/h6,9-12H,4-5,7,15H2,1-3H3,(H,16,18)/t9-,10?,11?,12+,14+/m0/s1. The van der Waals surface area contributed by atoms with Crippen LogP contribution >= 0.6 is 0 Å². The second kappa shape index (κ2) is 5.78. The highest BCUT2D eigenvalue weighted by Gasteiger charge is 2.61. The Bertz CT molecular complexity index is 481. The third kappa shape index (κ3) is 2.31. The van der Waals surface area contributed by atoms with Gasteiger partial charge in [-0.1, -0.05) is 0 Å². The molecule has 124 valence electrons. The van der Waals surface area contributed by atoms with Crippen LogP contribution in [0.5, 0.6) is 0 Å². The van der Waals surface area contributed by atoms with Crippen molar-refractivity contribution in [2.24, 2.45) is 5.73 Å². The quantitative estimate of drug-likeness (QED) is 0.743. The van der Waals surface area contributed by atoms with E-state index in [1.807, 2.05) is 6.92 Å². The summed E-state index contributed by atoms with van der Waals surface area (Å²) in [6.07, 6.45) is 0.679. The van der Waals surface area contributed by atoms with Gasteiger partial charge in [0, 0.05) is 26.8 Å². The molecule has 22 heavy (non-hydrogen) atoms. The summed E-state index contributed by atoms with van der Waals surface area (Å²) in [5.74, 6) is 0. The molecule has 0 saturated carbocycles. The normalized spacial score (nSPS) is 41.4. The Morgan fingerprint density at radius 1 is 1.55 bits per heavy atom. The topological polar surface area (TPSA) is 95.3 Å². The number of nitrogens with zero attached hydrogens (tertiary/aromatic N) is 1. The van der Waals surface area contributed by atoms with E-state index in [4.69, 9.17) is 24.7 Å². The number of hydrogen-bond donors (Lipinski definition) is 2. The number of carbonyl (C=O) groups is 1. The van der Waals surface area contributed by atoms with Gasteiger partial charge in [-0.2, -0.15) is 0 Å². The third-order valence-corrected chi connectivity index (χ3v) is 4.55. The molecule has 3 heterocycles. The minimum absolute atomic E-state index is 0.289. The van der Waals surface area contributed by atoms with E-state index < -0.39 is 18.0 Å². The van der Waals surface area contributed by atoms with Gasteiger partial charge in [-0.25, -0.2) is 4.79 Å². The molecule has 2 bridgehead atoms. The van der Waals surface area contributed by atoms with Crippen LogP contribution in [0.25, 0.3) is 0 Å². The predicted molar refractivity (Wildman–Crippen MR) is 76.7 cm³/mol. The zero-order valence-corrected chi connectivity index (χ0v) is 13.1. The number of urea groups is 1. The summed E-state index contributed by atoms with van der Waals surface area (Å²) in [5.41, 5.74) is 6.07. The van der Waals surface area contributed by atoms with Crippen LogP contribution < -0.4 is 11.1 Å². The zero-order chi connectivity index (χ0) is 15.9. The fraction of sp³-hybridized carbons (Fsp3) is 0.786. The van der Waals surface area contributed by atoms with Crippen molar-refractivity contribution in [2.45, 2.75) is 43.5 Å². The van der Waals surface area contributed by atoms with Crippen LogP contribution in [0.3, 0.4) is 0 Å². The lowest BCUT2D eigenvalue weighted by atomic mass is 9.90. The Kier molecular flexibility index (Phi) is 4.13. The SMILES string of the molecule is COC[C@]12CCO[C@@H](C1OC)[C@H](N1C=C(C)C(N)NC1=O)O2. The molecule has 3 rings (SSSR count). The highest BCUT2D eigenvalue weighted by molar-refractivity contribution is 5.77. The fourth-order valence-corrected chi connectivity index (χ4v) is 3.43. The van der Waals surface area contributed by atoms with Crippen LogP contribution in [0.2, 0.25) is 0 Å². The third-order valence-electron chi connectivity index (χ3n) is 4.55. The van der Waals surface area contributed by atoms with Gasteiger partial charge in [0.2, 0.25) is 0 Å². The smallest absolute Gasteiger partial charge is 0.325 e. The van der Waals surface area contributed by atoms with Crippen LogP contribution in [0.1, 0.15) is 13.3 Å². The van der Waals surface area contributed by atoms with E-state index in [9.17, 15) is 4.79 Å². The van der Waals surface area contributed by atoms with Crippen molar-refractivity contribution in [2.75, 3.05) is 27.4 Å². The first kappa shape index (κ1) is 15.7. The summed E-state index contributed by atoms with van der Waals surface area (Å²) >= 11 is 0. The molecule has 0 aromatic rings. The van der Waals surface area contributed by atoms with Crippen molar-refractivity contribution in [3.8, 4) is 0 Å². The first-order valence-electron chi connectivity index (χ1n) is 7.36. The van der Waals surface area contributed by atoms with Gasteiger partial charge in [0.1, 0.15) is 24.0 Å². The van der Waals surface area contributed by atoms with Crippen molar-refractivity contribution in [1.82, 2.24) is 10.2 Å². The van der Waals surface area contributed by atoms with Crippen LogP contribution in [0, 0.1) is 0 Å². The number of amides is 2. The summed E-state index contributed by atoms with van der Waals surface area (Å²) in [7, 11) is 3.25. The van der Waals surface area contributed by atoms with Crippen molar-refractivity contribution in [3.05, 3.63) is 11.8 Å². The minimum atomic E-state index is -0.599. The van der Waals surface area contributed by atoms with Gasteiger partial charge in [-0.15, -0.1) is 0 Å². The Morgan fingerprint density at radius 2 is 2.32 bits per heavy atom. The van der Waals surface area contributed by atoms with Crippen LogP contribution in [0.4, 0.5) is 4.79 Å². The van der Waals surface area contributed by atoms with Crippen molar-refractivity contribution < 1.29 is 23.7 Å². The highest BCUT2D eigenvalue weighted by atomic mass is 16.6. The largest absolute Gasteiger partial charge is 0.382 e. The molecular formula is C14H23N3O5. The molecule has 8 heteroatoms. The molecule has 0 radical (unpaired) electrons. The zero-order valence-electron chi connectivity index (χ0n) is 13.1. The van der Waals surface area contributed by atoms with Crippen molar-refractivity contribution >= 4 is 6.03 Å². The predicted octanol–water partition coefficient (Wildman–Crippen LogP) is -0.254. The van der Waals surface area contributed by atoms with Gasteiger partial charge in [0.15, 0.2) is 6.23 Å². The maximum atomic E-state index is 12.3. The van der Waals surface area contributed by atoms with Gasteiger partial charge in [0.25, 0.3) is 0 Å².